The molecule has 0 saturated heterocycles. The fourth-order valence-electron chi connectivity index (χ4n) is 1.78. The molecule has 0 aliphatic rings. The fraction of sp³-hybridized carbons (Fsp3) is 0.421. The van der Waals surface area contributed by atoms with Gasteiger partial charge in [0.2, 0.25) is 0 Å². The molecule has 0 aliphatic carbocycles. The average Bonchev–Trinajstić information content (AvgIpc) is 2.43. The molecule has 0 N–H and O–H groups in total. The number of carbonyl (C=O) groups excluding carboxylic acids is 1. The second-order valence-electron chi connectivity index (χ2n) is 6.43. The molecule has 0 aromatic heterocycles. The first kappa shape index (κ1) is 17.2. The highest BCUT2D eigenvalue weighted by Crippen LogP contribution is 2.19. The minimum Gasteiger partial charge on any atom is -0.462 e. The number of rotatable bonds is 7. The third kappa shape index (κ3) is 8.13. The van der Waals surface area contributed by atoms with E-state index >= 15 is 0 Å². The largest absolute Gasteiger partial charge is 0.462 e. The van der Waals surface area contributed by atoms with Crippen molar-refractivity contribution in [1.82, 2.24) is 0 Å². The molecule has 1 aromatic carbocycles. The van der Waals surface area contributed by atoms with Crippen molar-refractivity contribution in [3.63, 3.8) is 0 Å². The fourth-order valence-corrected chi connectivity index (χ4v) is 1.78. The zero-order valence-electron chi connectivity index (χ0n) is 13.4. The first-order chi connectivity index (χ1) is 9.88. The summed E-state index contributed by atoms with van der Waals surface area (Å²) < 4.78 is 5.23. The summed E-state index contributed by atoms with van der Waals surface area (Å²) in [5.41, 5.74) is 1.98. The third-order valence-corrected chi connectivity index (χ3v) is 2.97. The summed E-state index contributed by atoms with van der Waals surface area (Å²) in [6.45, 7) is 11.1. The normalized spacial score (nSPS) is 11.6. The molecule has 0 spiro atoms. The Morgan fingerprint density at radius 3 is 2.52 bits per heavy atom. The van der Waals surface area contributed by atoms with Gasteiger partial charge in [-0.15, -0.1) is 0 Å². The third-order valence-electron chi connectivity index (χ3n) is 2.97. The number of benzene rings is 1. The number of hydrogen-bond donors (Lipinski definition) is 0. The second-order valence-corrected chi connectivity index (χ2v) is 6.43. The van der Waals surface area contributed by atoms with Crippen LogP contribution < -0.4 is 0 Å². The predicted octanol–water partition coefficient (Wildman–Crippen LogP) is 5.17. The second kappa shape index (κ2) is 8.46. The van der Waals surface area contributed by atoms with E-state index in [-0.39, 0.29) is 5.97 Å². The van der Waals surface area contributed by atoms with Gasteiger partial charge in [0.15, 0.2) is 0 Å². The molecular weight excluding hydrogens is 260 g/mol. The van der Waals surface area contributed by atoms with Crippen molar-refractivity contribution in [2.24, 2.45) is 5.41 Å². The van der Waals surface area contributed by atoms with Crippen molar-refractivity contribution in [2.75, 3.05) is 6.61 Å². The maximum atomic E-state index is 11.7. The number of allylic oxidation sites excluding steroid dienone is 3. The van der Waals surface area contributed by atoms with Crippen LogP contribution in [0.5, 0.6) is 0 Å². The van der Waals surface area contributed by atoms with E-state index in [1.807, 2.05) is 18.2 Å². The Kier molecular flexibility index (Phi) is 6.93. The van der Waals surface area contributed by atoms with Crippen molar-refractivity contribution in [2.45, 2.75) is 40.0 Å². The zero-order chi connectivity index (χ0) is 15.7. The van der Waals surface area contributed by atoms with Crippen molar-refractivity contribution in [3.05, 3.63) is 60.2 Å². The molecule has 114 valence electrons. The highest BCUT2D eigenvalue weighted by molar-refractivity contribution is 5.89. The molecule has 0 radical (unpaired) electrons. The van der Waals surface area contributed by atoms with Crippen LogP contribution in [0, 0.1) is 5.41 Å². The minimum atomic E-state index is -0.260. The zero-order valence-corrected chi connectivity index (χ0v) is 13.4. The standard InChI is InChI=1S/C19H26O2/c1-16(10-8-14-19(2,3)4)11-9-15-21-18(20)17-12-6-5-7-13-17/h5-8,10,12-13H,1,9,11,14-15H2,2-4H3/b10-8+. The maximum absolute atomic E-state index is 11.7. The lowest BCUT2D eigenvalue weighted by atomic mass is 9.92. The topological polar surface area (TPSA) is 26.3 Å². The molecule has 21 heavy (non-hydrogen) atoms. The highest BCUT2D eigenvalue weighted by atomic mass is 16.5. The Morgan fingerprint density at radius 2 is 1.90 bits per heavy atom. The van der Waals surface area contributed by atoms with E-state index in [1.54, 1.807) is 12.1 Å². The molecule has 1 rings (SSSR count). The summed E-state index contributed by atoms with van der Waals surface area (Å²) in [7, 11) is 0. The summed E-state index contributed by atoms with van der Waals surface area (Å²) in [5.74, 6) is -0.260. The molecule has 0 amide bonds. The minimum absolute atomic E-state index is 0.260. The number of carbonyl (C=O) groups is 1. The van der Waals surface area contributed by atoms with Crippen molar-refractivity contribution < 1.29 is 9.53 Å². The number of ether oxygens (including phenoxy) is 1. The maximum Gasteiger partial charge on any atom is 0.338 e. The molecule has 0 fully saturated rings. The lowest BCUT2D eigenvalue weighted by molar-refractivity contribution is 0.0501. The van der Waals surface area contributed by atoms with E-state index in [2.05, 4.69) is 39.5 Å². The van der Waals surface area contributed by atoms with Crippen LogP contribution in [0.1, 0.15) is 50.4 Å². The summed E-state index contributed by atoms with van der Waals surface area (Å²) in [5, 5.41) is 0. The van der Waals surface area contributed by atoms with Crippen LogP contribution in [0.15, 0.2) is 54.6 Å². The molecular formula is C19H26O2. The Bertz CT molecular complexity index is 478. The van der Waals surface area contributed by atoms with E-state index in [0.29, 0.717) is 17.6 Å². The van der Waals surface area contributed by atoms with Crippen molar-refractivity contribution in [1.29, 1.82) is 0 Å². The summed E-state index contributed by atoms with van der Waals surface area (Å²) in [6, 6.07) is 9.06. The quantitative estimate of drug-likeness (QED) is 0.392. The van der Waals surface area contributed by atoms with Crippen LogP contribution in [-0.4, -0.2) is 12.6 Å². The van der Waals surface area contributed by atoms with Gasteiger partial charge in [-0.1, -0.05) is 63.3 Å². The van der Waals surface area contributed by atoms with Gasteiger partial charge in [-0.3, -0.25) is 0 Å². The van der Waals surface area contributed by atoms with Gasteiger partial charge < -0.3 is 4.74 Å². The lowest BCUT2D eigenvalue weighted by Crippen LogP contribution is -2.06. The average molecular weight is 286 g/mol. The van der Waals surface area contributed by atoms with Crippen molar-refractivity contribution >= 4 is 5.97 Å². The van der Waals surface area contributed by atoms with Crippen LogP contribution in [0.25, 0.3) is 0 Å². The summed E-state index contributed by atoms with van der Waals surface area (Å²) in [6.07, 6.45) is 6.93. The van der Waals surface area contributed by atoms with Crippen LogP contribution in [0.2, 0.25) is 0 Å². The molecule has 0 saturated carbocycles. The molecule has 0 aliphatic heterocycles. The highest BCUT2D eigenvalue weighted by Gasteiger charge is 2.07. The van der Waals surface area contributed by atoms with Gasteiger partial charge in [0.25, 0.3) is 0 Å². The van der Waals surface area contributed by atoms with Crippen LogP contribution in [0.4, 0.5) is 0 Å². The van der Waals surface area contributed by atoms with Gasteiger partial charge in [-0.25, -0.2) is 4.79 Å². The lowest BCUT2D eigenvalue weighted by Gasteiger charge is -2.14. The molecule has 2 heteroatoms. The Morgan fingerprint density at radius 1 is 1.24 bits per heavy atom. The molecule has 0 unspecified atom stereocenters. The van der Waals surface area contributed by atoms with Crippen molar-refractivity contribution in [3.8, 4) is 0 Å². The number of hydrogen-bond acceptors (Lipinski definition) is 2. The van der Waals surface area contributed by atoms with Gasteiger partial charge in [-0.2, -0.15) is 0 Å². The van der Waals surface area contributed by atoms with Gasteiger partial charge in [-0.05, 0) is 36.8 Å². The summed E-state index contributed by atoms with van der Waals surface area (Å²) in [4.78, 5) is 11.7. The van der Waals surface area contributed by atoms with E-state index in [0.717, 1.165) is 24.8 Å². The SMILES string of the molecule is C=C(/C=C/CC(C)(C)C)CCCOC(=O)c1ccccc1. The van der Waals surface area contributed by atoms with E-state index in [9.17, 15) is 4.79 Å². The summed E-state index contributed by atoms with van der Waals surface area (Å²) >= 11 is 0. The van der Waals surface area contributed by atoms with Gasteiger partial charge in [0, 0.05) is 0 Å². The molecule has 0 atom stereocenters. The Balaban J connectivity index is 2.19. The van der Waals surface area contributed by atoms with Crippen LogP contribution >= 0.6 is 0 Å². The first-order valence-electron chi connectivity index (χ1n) is 7.45. The van der Waals surface area contributed by atoms with E-state index in [4.69, 9.17) is 4.74 Å². The van der Waals surface area contributed by atoms with E-state index < -0.39 is 0 Å². The van der Waals surface area contributed by atoms with E-state index in [1.165, 1.54) is 0 Å². The number of esters is 1. The smallest absolute Gasteiger partial charge is 0.338 e. The monoisotopic (exact) mass is 286 g/mol. The predicted molar refractivity (Wildman–Crippen MR) is 88.3 cm³/mol. The Labute approximate surface area is 128 Å². The first-order valence-corrected chi connectivity index (χ1v) is 7.45. The van der Waals surface area contributed by atoms with Gasteiger partial charge >= 0.3 is 5.97 Å². The Hall–Kier alpha value is -1.83. The molecule has 0 bridgehead atoms. The van der Waals surface area contributed by atoms with Gasteiger partial charge in [0.1, 0.15) is 0 Å². The van der Waals surface area contributed by atoms with Crippen LogP contribution in [0.3, 0.4) is 0 Å². The molecule has 2 nitrogen and oxygen atoms in total. The van der Waals surface area contributed by atoms with Gasteiger partial charge in [0.05, 0.1) is 12.2 Å². The molecule has 1 aromatic rings. The van der Waals surface area contributed by atoms with Crippen LogP contribution in [-0.2, 0) is 4.74 Å². The molecule has 0 heterocycles.